The van der Waals surface area contributed by atoms with Crippen LogP contribution in [0.1, 0.15) is 36.8 Å². The van der Waals surface area contributed by atoms with Gasteiger partial charge < -0.3 is 5.32 Å². The lowest BCUT2D eigenvalue weighted by atomic mass is 10.1. The summed E-state index contributed by atoms with van der Waals surface area (Å²) in [7, 11) is 1.82. The fourth-order valence-corrected chi connectivity index (χ4v) is 3.32. The maximum absolute atomic E-state index is 14.0. The number of anilines is 1. The van der Waals surface area contributed by atoms with Crippen LogP contribution >= 0.6 is 34.2 Å². The van der Waals surface area contributed by atoms with Gasteiger partial charge in [0.25, 0.3) is 0 Å². The molecular weight excluding hydrogens is 404 g/mol. The molecule has 1 aromatic heterocycles. The molecule has 0 radical (unpaired) electrons. The zero-order chi connectivity index (χ0) is 15.6. The third kappa shape index (κ3) is 3.63. The number of rotatable bonds is 4. The van der Waals surface area contributed by atoms with Gasteiger partial charge >= 0.3 is 0 Å². The Morgan fingerprint density at radius 2 is 2.05 bits per heavy atom. The van der Waals surface area contributed by atoms with Crippen molar-refractivity contribution in [3.8, 4) is 0 Å². The van der Waals surface area contributed by atoms with E-state index in [2.05, 4.69) is 51.7 Å². The van der Waals surface area contributed by atoms with Crippen molar-refractivity contribution in [3.05, 3.63) is 49.7 Å². The first kappa shape index (κ1) is 16.4. The lowest BCUT2D eigenvalue weighted by molar-refractivity contribution is 0.612. The topological polar surface area (TPSA) is 37.8 Å². The summed E-state index contributed by atoms with van der Waals surface area (Å²) in [4.78, 5) is 9.04. The van der Waals surface area contributed by atoms with Crippen LogP contribution < -0.4 is 5.32 Å². The SMILES string of the molecule is CNc1nc(Cc2cccc(Cl)c2F)nc(C(C)C)c1I. The minimum absolute atomic E-state index is 0.121. The summed E-state index contributed by atoms with van der Waals surface area (Å²) in [5.41, 5.74) is 1.47. The number of halogens is 3. The van der Waals surface area contributed by atoms with Crippen molar-refractivity contribution in [1.29, 1.82) is 0 Å². The molecule has 6 heteroatoms. The van der Waals surface area contributed by atoms with Gasteiger partial charge in [-0.15, -0.1) is 0 Å². The van der Waals surface area contributed by atoms with Gasteiger partial charge in [-0.25, -0.2) is 14.4 Å². The van der Waals surface area contributed by atoms with Gasteiger partial charge in [-0.05, 0) is 40.1 Å². The number of nitrogens with one attached hydrogen (secondary N) is 1. The third-order valence-electron chi connectivity index (χ3n) is 3.09. The summed E-state index contributed by atoms with van der Waals surface area (Å²) < 4.78 is 15.0. The number of hydrogen-bond donors (Lipinski definition) is 1. The van der Waals surface area contributed by atoms with Crippen molar-refractivity contribution >= 4 is 40.0 Å². The van der Waals surface area contributed by atoms with Crippen LogP contribution in [0.15, 0.2) is 18.2 Å². The van der Waals surface area contributed by atoms with Crippen LogP contribution in [0.3, 0.4) is 0 Å². The highest BCUT2D eigenvalue weighted by Gasteiger charge is 2.16. The monoisotopic (exact) mass is 419 g/mol. The van der Waals surface area contributed by atoms with Crippen LogP contribution in [0.25, 0.3) is 0 Å². The Balaban J connectivity index is 2.45. The van der Waals surface area contributed by atoms with E-state index < -0.39 is 5.82 Å². The van der Waals surface area contributed by atoms with Gasteiger partial charge in [0.1, 0.15) is 17.5 Å². The van der Waals surface area contributed by atoms with Gasteiger partial charge in [-0.3, -0.25) is 0 Å². The molecule has 21 heavy (non-hydrogen) atoms. The molecule has 0 atom stereocenters. The fourth-order valence-electron chi connectivity index (χ4n) is 2.00. The lowest BCUT2D eigenvalue weighted by Gasteiger charge is -2.13. The standard InChI is InChI=1S/C15H16ClFIN3/c1-8(2)14-13(18)15(19-3)21-11(20-14)7-9-5-4-6-10(16)12(9)17/h4-6,8H,7H2,1-3H3,(H,19,20,21). The molecule has 0 spiro atoms. The van der Waals surface area contributed by atoms with Crippen LogP contribution in [0.4, 0.5) is 10.2 Å². The van der Waals surface area contributed by atoms with E-state index in [0.29, 0.717) is 17.8 Å². The Kier molecular flexibility index (Phi) is 5.37. The van der Waals surface area contributed by atoms with Crippen LogP contribution in [-0.2, 0) is 6.42 Å². The molecule has 0 saturated heterocycles. The highest BCUT2D eigenvalue weighted by atomic mass is 127. The van der Waals surface area contributed by atoms with Gasteiger partial charge in [-0.2, -0.15) is 0 Å². The van der Waals surface area contributed by atoms with E-state index in [4.69, 9.17) is 11.6 Å². The van der Waals surface area contributed by atoms with Crippen molar-refractivity contribution in [2.24, 2.45) is 0 Å². The second-order valence-corrected chi connectivity index (χ2v) is 6.47. The first-order valence-corrected chi connectivity index (χ1v) is 8.06. The molecule has 0 saturated carbocycles. The number of aromatic nitrogens is 2. The summed E-state index contributed by atoms with van der Waals surface area (Å²) >= 11 is 8.05. The molecule has 0 bridgehead atoms. The van der Waals surface area contributed by atoms with Gasteiger partial charge in [0.2, 0.25) is 0 Å². The number of benzene rings is 1. The molecule has 0 fully saturated rings. The van der Waals surface area contributed by atoms with Gasteiger partial charge in [-0.1, -0.05) is 37.6 Å². The summed E-state index contributed by atoms with van der Waals surface area (Å²) in [5.74, 6) is 1.23. The highest BCUT2D eigenvalue weighted by molar-refractivity contribution is 14.1. The quantitative estimate of drug-likeness (QED) is 0.734. The van der Waals surface area contributed by atoms with Crippen LogP contribution in [0.2, 0.25) is 5.02 Å². The zero-order valence-electron chi connectivity index (χ0n) is 12.0. The van der Waals surface area contributed by atoms with Crippen LogP contribution in [-0.4, -0.2) is 17.0 Å². The first-order chi connectivity index (χ1) is 9.93. The van der Waals surface area contributed by atoms with E-state index in [1.54, 1.807) is 12.1 Å². The number of nitrogens with zero attached hydrogens (tertiary/aromatic N) is 2. The minimum Gasteiger partial charge on any atom is -0.372 e. The van der Waals surface area contributed by atoms with E-state index in [9.17, 15) is 4.39 Å². The molecular formula is C15H16ClFIN3. The van der Waals surface area contributed by atoms with E-state index in [-0.39, 0.29) is 10.9 Å². The van der Waals surface area contributed by atoms with Crippen LogP contribution in [0, 0.1) is 9.39 Å². The fraction of sp³-hybridized carbons (Fsp3) is 0.333. The summed E-state index contributed by atoms with van der Waals surface area (Å²) in [5, 5.41) is 3.19. The van der Waals surface area contributed by atoms with E-state index in [1.807, 2.05) is 7.05 Å². The van der Waals surface area contributed by atoms with Crippen molar-refractivity contribution in [2.75, 3.05) is 12.4 Å². The summed E-state index contributed by atoms with van der Waals surface area (Å²) in [6.07, 6.45) is 0.317. The molecule has 0 amide bonds. The molecule has 0 unspecified atom stereocenters. The van der Waals surface area contributed by atoms with Crippen LogP contribution in [0.5, 0.6) is 0 Å². The average molecular weight is 420 g/mol. The van der Waals surface area contributed by atoms with Gasteiger partial charge in [0.15, 0.2) is 0 Å². The number of hydrogen-bond acceptors (Lipinski definition) is 3. The molecule has 0 aliphatic rings. The molecule has 2 rings (SSSR count). The Hall–Kier alpha value is -0.950. The minimum atomic E-state index is -0.404. The molecule has 1 N–H and O–H groups in total. The molecule has 3 nitrogen and oxygen atoms in total. The Morgan fingerprint density at radius 1 is 1.33 bits per heavy atom. The maximum atomic E-state index is 14.0. The molecule has 1 heterocycles. The van der Waals surface area contributed by atoms with Crippen molar-refractivity contribution < 1.29 is 4.39 Å². The van der Waals surface area contributed by atoms with E-state index in [0.717, 1.165) is 15.1 Å². The Morgan fingerprint density at radius 3 is 2.67 bits per heavy atom. The second-order valence-electron chi connectivity index (χ2n) is 4.98. The second kappa shape index (κ2) is 6.87. The zero-order valence-corrected chi connectivity index (χ0v) is 15.0. The lowest BCUT2D eigenvalue weighted by Crippen LogP contribution is -2.09. The van der Waals surface area contributed by atoms with Gasteiger partial charge in [0, 0.05) is 13.5 Å². The third-order valence-corrected chi connectivity index (χ3v) is 4.44. The molecule has 0 aliphatic carbocycles. The molecule has 1 aromatic carbocycles. The van der Waals surface area contributed by atoms with E-state index >= 15 is 0 Å². The van der Waals surface area contributed by atoms with Crippen molar-refractivity contribution in [2.45, 2.75) is 26.2 Å². The normalized spacial score (nSPS) is 11.0. The molecule has 0 aliphatic heterocycles. The highest BCUT2D eigenvalue weighted by Crippen LogP contribution is 2.26. The Labute approximate surface area is 142 Å². The molecule has 2 aromatic rings. The molecule has 112 valence electrons. The first-order valence-electron chi connectivity index (χ1n) is 6.61. The average Bonchev–Trinajstić information content (AvgIpc) is 2.45. The van der Waals surface area contributed by atoms with Gasteiger partial charge in [0.05, 0.1) is 14.3 Å². The largest absolute Gasteiger partial charge is 0.372 e. The van der Waals surface area contributed by atoms with E-state index in [1.165, 1.54) is 6.07 Å². The Bertz CT molecular complexity index is 662. The predicted molar refractivity (Wildman–Crippen MR) is 92.6 cm³/mol. The predicted octanol–water partition coefficient (Wildman–Crippen LogP) is 4.63. The van der Waals surface area contributed by atoms with Crippen molar-refractivity contribution in [3.63, 3.8) is 0 Å². The smallest absolute Gasteiger partial charge is 0.145 e. The van der Waals surface area contributed by atoms with Crippen molar-refractivity contribution in [1.82, 2.24) is 9.97 Å². The maximum Gasteiger partial charge on any atom is 0.145 e. The summed E-state index contributed by atoms with van der Waals surface area (Å²) in [6, 6.07) is 4.97. The summed E-state index contributed by atoms with van der Waals surface area (Å²) in [6.45, 7) is 4.15.